The van der Waals surface area contributed by atoms with E-state index in [0.29, 0.717) is 64.5 Å². The van der Waals surface area contributed by atoms with Crippen LogP contribution in [-0.2, 0) is 4.79 Å². The zero-order chi connectivity index (χ0) is 22.5. The molecule has 166 valence electrons. The summed E-state index contributed by atoms with van der Waals surface area (Å²) in [7, 11) is 4.52. The second-order valence-electron chi connectivity index (χ2n) is 7.10. The van der Waals surface area contributed by atoms with Gasteiger partial charge in [0.1, 0.15) is 0 Å². The van der Waals surface area contributed by atoms with Crippen LogP contribution in [0.3, 0.4) is 0 Å². The third-order valence-electron chi connectivity index (χ3n) is 5.25. The van der Waals surface area contributed by atoms with E-state index in [0.717, 1.165) is 0 Å². The number of nitrogens with zero attached hydrogens (tertiary/aromatic N) is 1. The van der Waals surface area contributed by atoms with Gasteiger partial charge in [-0.2, -0.15) is 0 Å². The number of benzene rings is 2. The molecule has 2 amide bonds. The Kier molecular flexibility index (Phi) is 7.51. The van der Waals surface area contributed by atoms with Gasteiger partial charge < -0.3 is 24.4 Å². The number of hydrogen-bond donors (Lipinski definition) is 1. The zero-order valence-corrected chi connectivity index (χ0v) is 19.0. The number of piperidine rings is 1. The van der Waals surface area contributed by atoms with Gasteiger partial charge in [0.15, 0.2) is 11.5 Å². The second-order valence-corrected chi connectivity index (χ2v) is 7.91. The molecule has 0 unspecified atom stereocenters. The van der Waals surface area contributed by atoms with Gasteiger partial charge in [0, 0.05) is 30.3 Å². The molecule has 0 aliphatic carbocycles. The predicted molar refractivity (Wildman–Crippen MR) is 120 cm³/mol. The molecule has 0 atom stereocenters. The van der Waals surface area contributed by atoms with Crippen molar-refractivity contribution in [3.8, 4) is 17.2 Å². The molecule has 1 aliphatic rings. The first kappa shape index (κ1) is 23.0. The van der Waals surface area contributed by atoms with E-state index in [9.17, 15) is 9.59 Å². The summed E-state index contributed by atoms with van der Waals surface area (Å²) < 4.78 is 16.0. The van der Waals surface area contributed by atoms with Crippen molar-refractivity contribution < 1.29 is 23.8 Å². The predicted octanol–water partition coefficient (Wildman–Crippen LogP) is 4.51. The van der Waals surface area contributed by atoms with Gasteiger partial charge in [-0.1, -0.05) is 23.2 Å². The number of carbonyl (C=O) groups is 2. The van der Waals surface area contributed by atoms with Crippen LogP contribution in [0.4, 0.5) is 5.69 Å². The molecule has 1 saturated heterocycles. The molecule has 0 bridgehead atoms. The maximum Gasteiger partial charge on any atom is 0.254 e. The molecule has 1 N–H and O–H groups in total. The molecular weight excluding hydrogens is 443 g/mol. The number of halogens is 2. The number of methoxy groups -OCH3 is 3. The molecule has 1 aliphatic heterocycles. The molecule has 1 fully saturated rings. The standard InChI is InChI=1S/C22H24Cl2N2O5/c1-29-18-10-14(11-19(30-2)20(18)31-3)22(28)26-8-6-13(7-9-26)21(27)25-15-4-5-16(23)17(24)12-15/h4-5,10-13H,6-9H2,1-3H3,(H,25,27). The molecule has 31 heavy (non-hydrogen) atoms. The monoisotopic (exact) mass is 466 g/mol. The quantitative estimate of drug-likeness (QED) is 0.677. The van der Waals surface area contributed by atoms with Crippen LogP contribution in [0.25, 0.3) is 0 Å². The Morgan fingerprint density at radius 2 is 1.55 bits per heavy atom. The first-order valence-corrected chi connectivity index (χ1v) is 10.5. The highest BCUT2D eigenvalue weighted by atomic mass is 35.5. The number of rotatable bonds is 6. The largest absolute Gasteiger partial charge is 0.493 e. The fourth-order valence-corrected chi connectivity index (χ4v) is 3.85. The maximum absolute atomic E-state index is 13.0. The van der Waals surface area contributed by atoms with Crippen molar-refractivity contribution >= 4 is 40.7 Å². The smallest absolute Gasteiger partial charge is 0.254 e. The van der Waals surface area contributed by atoms with Gasteiger partial charge >= 0.3 is 0 Å². The van der Waals surface area contributed by atoms with Crippen LogP contribution in [0.2, 0.25) is 10.0 Å². The van der Waals surface area contributed by atoms with Crippen molar-refractivity contribution in [2.45, 2.75) is 12.8 Å². The molecule has 2 aromatic carbocycles. The average molecular weight is 467 g/mol. The number of anilines is 1. The Balaban J connectivity index is 1.64. The SMILES string of the molecule is COc1cc(C(=O)N2CCC(C(=O)Nc3ccc(Cl)c(Cl)c3)CC2)cc(OC)c1OC. The number of ether oxygens (including phenoxy) is 3. The van der Waals surface area contributed by atoms with E-state index in [4.69, 9.17) is 37.4 Å². The molecular formula is C22H24Cl2N2O5. The van der Waals surface area contributed by atoms with Crippen molar-refractivity contribution in [1.29, 1.82) is 0 Å². The first-order chi connectivity index (χ1) is 14.9. The lowest BCUT2D eigenvalue weighted by Crippen LogP contribution is -2.41. The van der Waals surface area contributed by atoms with Crippen molar-refractivity contribution in [2.24, 2.45) is 5.92 Å². The van der Waals surface area contributed by atoms with Gasteiger partial charge in [0.2, 0.25) is 11.7 Å². The van der Waals surface area contributed by atoms with Crippen molar-refractivity contribution in [1.82, 2.24) is 4.90 Å². The lowest BCUT2D eigenvalue weighted by Gasteiger charge is -2.31. The maximum atomic E-state index is 13.0. The first-order valence-electron chi connectivity index (χ1n) is 9.73. The van der Waals surface area contributed by atoms with Gasteiger partial charge in [-0.05, 0) is 43.2 Å². The molecule has 0 spiro atoms. The molecule has 0 radical (unpaired) electrons. The highest BCUT2D eigenvalue weighted by Gasteiger charge is 2.29. The zero-order valence-electron chi connectivity index (χ0n) is 17.5. The Morgan fingerprint density at radius 3 is 2.06 bits per heavy atom. The Labute approximate surface area is 191 Å². The summed E-state index contributed by atoms with van der Waals surface area (Å²) in [6.45, 7) is 0.934. The third kappa shape index (κ3) is 5.17. The molecule has 3 rings (SSSR count). The summed E-state index contributed by atoms with van der Waals surface area (Å²) >= 11 is 11.9. The third-order valence-corrected chi connectivity index (χ3v) is 5.99. The topological polar surface area (TPSA) is 77.1 Å². The highest BCUT2D eigenvalue weighted by Crippen LogP contribution is 2.38. The number of hydrogen-bond acceptors (Lipinski definition) is 5. The summed E-state index contributed by atoms with van der Waals surface area (Å²) in [5.41, 5.74) is 1.03. The minimum Gasteiger partial charge on any atom is -0.493 e. The molecule has 0 saturated carbocycles. The van der Waals surface area contributed by atoms with Crippen molar-refractivity contribution in [2.75, 3.05) is 39.7 Å². The van der Waals surface area contributed by atoms with Crippen LogP contribution in [0.1, 0.15) is 23.2 Å². The summed E-state index contributed by atoms with van der Waals surface area (Å²) in [5, 5.41) is 3.67. The van der Waals surface area contributed by atoms with Crippen LogP contribution in [0, 0.1) is 5.92 Å². The molecule has 1 heterocycles. The van der Waals surface area contributed by atoms with E-state index in [1.54, 1.807) is 35.2 Å². The number of nitrogens with one attached hydrogen (secondary N) is 1. The van der Waals surface area contributed by atoms with Crippen LogP contribution in [-0.4, -0.2) is 51.1 Å². The lowest BCUT2D eigenvalue weighted by molar-refractivity contribution is -0.121. The van der Waals surface area contributed by atoms with Crippen LogP contribution >= 0.6 is 23.2 Å². The Morgan fingerprint density at radius 1 is 0.935 bits per heavy atom. The fourth-order valence-electron chi connectivity index (χ4n) is 3.55. The highest BCUT2D eigenvalue weighted by molar-refractivity contribution is 6.42. The summed E-state index contributed by atoms with van der Waals surface area (Å²) in [6, 6.07) is 8.22. The Hall–Kier alpha value is -2.64. The number of likely N-dealkylation sites (tertiary alicyclic amines) is 1. The van der Waals surface area contributed by atoms with Crippen LogP contribution in [0.5, 0.6) is 17.2 Å². The van der Waals surface area contributed by atoms with E-state index in [1.807, 2.05) is 0 Å². The van der Waals surface area contributed by atoms with Gasteiger partial charge in [-0.15, -0.1) is 0 Å². The van der Waals surface area contributed by atoms with Gasteiger partial charge in [-0.3, -0.25) is 9.59 Å². The Bertz CT molecular complexity index is 949. The van der Waals surface area contributed by atoms with Gasteiger partial charge in [0.25, 0.3) is 5.91 Å². The lowest BCUT2D eigenvalue weighted by atomic mass is 9.95. The fraction of sp³-hybridized carbons (Fsp3) is 0.364. The van der Waals surface area contributed by atoms with E-state index >= 15 is 0 Å². The van der Waals surface area contributed by atoms with Crippen molar-refractivity contribution in [3.05, 3.63) is 45.9 Å². The summed E-state index contributed by atoms with van der Waals surface area (Å²) in [6.07, 6.45) is 1.12. The van der Waals surface area contributed by atoms with Crippen LogP contribution < -0.4 is 19.5 Å². The van der Waals surface area contributed by atoms with Gasteiger partial charge in [0.05, 0.1) is 31.4 Å². The van der Waals surface area contributed by atoms with Gasteiger partial charge in [-0.25, -0.2) is 0 Å². The van der Waals surface area contributed by atoms with E-state index in [2.05, 4.69) is 5.32 Å². The summed E-state index contributed by atoms with van der Waals surface area (Å²) in [5.74, 6) is 0.820. The molecule has 7 nitrogen and oxygen atoms in total. The molecule has 0 aromatic heterocycles. The average Bonchev–Trinajstić information content (AvgIpc) is 2.79. The normalized spacial score (nSPS) is 14.2. The van der Waals surface area contributed by atoms with E-state index in [-0.39, 0.29) is 17.7 Å². The van der Waals surface area contributed by atoms with E-state index < -0.39 is 0 Å². The number of amides is 2. The van der Waals surface area contributed by atoms with Crippen LogP contribution in [0.15, 0.2) is 30.3 Å². The molecule has 2 aromatic rings. The second kappa shape index (κ2) is 10.1. The number of carbonyl (C=O) groups excluding carboxylic acids is 2. The minimum absolute atomic E-state index is 0.0988. The minimum atomic E-state index is -0.196. The van der Waals surface area contributed by atoms with E-state index in [1.165, 1.54) is 21.3 Å². The molecule has 9 heteroatoms. The van der Waals surface area contributed by atoms with Crippen molar-refractivity contribution in [3.63, 3.8) is 0 Å². The summed E-state index contributed by atoms with van der Waals surface area (Å²) in [4.78, 5) is 27.4.